The molecule has 0 spiro atoms. The molecule has 0 bridgehead atoms. The van der Waals surface area contributed by atoms with Crippen molar-refractivity contribution in [3.63, 3.8) is 0 Å². The normalized spacial score (nSPS) is 19.7. The van der Waals surface area contributed by atoms with Crippen LogP contribution in [0.4, 0.5) is 0 Å². The van der Waals surface area contributed by atoms with Crippen molar-refractivity contribution in [2.24, 2.45) is 11.7 Å². The van der Waals surface area contributed by atoms with Crippen LogP contribution < -0.4 is 5.73 Å². The zero-order valence-electron chi connectivity index (χ0n) is 9.49. The van der Waals surface area contributed by atoms with Crippen LogP contribution >= 0.6 is 27.3 Å². The van der Waals surface area contributed by atoms with Gasteiger partial charge in [0.1, 0.15) is 0 Å². The summed E-state index contributed by atoms with van der Waals surface area (Å²) in [5, 5.41) is 2.11. The smallest absolute Gasteiger partial charge is 0.0757 e. The van der Waals surface area contributed by atoms with Gasteiger partial charge < -0.3 is 10.5 Å². The molecular formula is C12H18BrNOS. The van der Waals surface area contributed by atoms with Crippen molar-refractivity contribution in [3.05, 3.63) is 20.8 Å². The van der Waals surface area contributed by atoms with E-state index in [1.807, 2.05) is 6.92 Å². The average Bonchev–Trinajstić information content (AvgIpc) is 3.00. The van der Waals surface area contributed by atoms with Crippen LogP contribution in [0.2, 0.25) is 0 Å². The van der Waals surface area contributed by atoms with Gasteiger partial charge >= 0.3 is 0 Å². The van der Waals surface area contributed by atoms with Crippen LogP contribution in [0.1, 0.15) is 24.6 Å². The Morgan fingerprint density at radius 3 is 2.88 bits per heavy atom. The number of thiophene rings is 1. The fourth-order valence-electron chi connectivity index (χ4n) is 2.04. The molecule has 2 N–H and O–H groups in total. The van der Waals surface area contributed by atoms with E-state index in [2.05, 4.69) is 27.4 Å². The average molecular weight is 304 g/mol. The Kier molecular flexibility index (Phi) is 4.41. The molecule has 1 aliphatic rings. The van der Waals surface area contributed by atoms with Crippen molar-refractivity contribution < 1.29 is 4.74 Å². The molecular weight excluding hydrogens is 286 g/mol. The number of ether oxygens (including phenoxy) is 1. The van der Waals surface area contributed by atoms with E-state index in [-0.39, 0.29) is 12.1 Å². The quantitative estimate of drug-likeness (QED) is 0.876. The number of nitrogens with two attached hydrogens (primary N) is 1. The third kappa shape index (κ3) is 3.29. The topological polar surface area (TPSA) is 35.2 Å². The molecule has 2 unspecified atom stereocenters. The van der Waals surface area contributed by atoms with E-state index in [0.717, 1.165) is 17.5 Å². The summed E-state index contributed by atoms with van der Waals surface area (Å²) >= 11 is 5.23. The molecule has 1 aliphatic carbocycles. The Morgan fingerprint density at radius 1 is 1.62 bits per heavy atom. The summed E-state index contributed by atoms with van der Waals surface area (Å²) in [6.45, 7) is 2.81. The van der Waals surface area contributed by atoms with Crippen LogP contribution in [0, 0.1) is 5.92 Å². The van der Waals surface area contributed by atoms with E-state index in [1.165, 1.54) is 17.7 Å². The predicted octanol–water partition coefficient (Wildman–Crippen LogP) is 3.20. The lowest BCUT2D eigenvalue weighted by Crippen LogP contribution is -2.40. The minimum absolute atomic E-state index is 0.137. The Labute approximate surface area is 109 Å². The van der Waals surface area contributed by atoms with Crippen LogP contribution in [-0.4, -0.2) is 18.8 Å². The molecule has 2 atom stereocenters. The number of rotatable bonds is 6. The van der Waals surface area contributed by atoms with Gasteiger partial charge in [0.05, 0.1) is 6.10 Å². The summed E-state index contributed by atoms with van der Waals surface area (Å²) in [6.07, 6.45) is 3.75. The van der Waals surface area contributed by atoms with E-state index in [1.54, 1.807) is 11.3 Å². The monoisotopic (exact) mass is 303 g/mol. The highest BCUT2D eigenvalue weighted by Gasteiger charge is 2.35. The summed E-state index contributed by atoms with van der Waals surface area (Å²) in [7, 11) is 0. The third-order valence-corrected chi connectivity index (χ3v) is 4.65. The van der Waals surface area contributed by atoms with Crippen LogP contribution in [0.3, 0.4) is 0 Å². The molecule has 0 radical (unpaired) electrons. The molecule has 2 rings (SSSR count). The summed E-state index contributed by atoms with van der Waals surface area (Å²) in [5.41, 5.74) is 6.25. The maximum absolute atomic E-state index is 6.25. The molecule has 16 heavy (non-hydrogen) atoms. The minimum Gasteiger partial charge on any atom is -0.377 e. The lowest BCUT2D eigenvalue weighted by Gasteiger charge is -2.23. The second kappa shape index (κ2) is 5.63. The SMILES string of the molecule is CCOC(C(N)Cc1cc(Br)cs1)C1CC1. The molecule has 1 aromatic heterocycles. The van der Waals surface area contributed by atoms with Crippen LogP contribution in [0.25, 0.3) is 0 Å². The van der Waals surface area contributed by atoms with Crippen LogP contribution in [-0.2, 0) is 11.2 Å². The van der Waals surface area contributed by atoms with Crippen LogP contribution in [0.15, 0.2) is 15.9 Å². The van der Waals surface area contributed by atoms with E-state index in [0.29, 0.717) is 5.92 Å². The van der Waals surface area contributed by atoms with Gasteiger partial charge in [-0.15, -0.1) is 11.3 Å². The van der Waals surface area contributed by atoms with Gasteiger partial charge in [-0.1, -0.05) is 0 Å². The van der Waals surface area contributed by atoms with E-state index in [4.69, 9.17) is 10.5 Å². The number of hydrogen-bond donors (Lipinski definition) is 1. The molecule has 1 aromatic rings. The maximum Gasteiger partial charge on any atom is 0.0757 e. The standard InChI is InChI=1S/C12H18BrNOS/c1-2-15-12(8-3-4-8)11(14)6-10-5-9(13)7-16-10/h5,7-8,11-12H,2-4,6,14H2,1H3. The molecule has 1 saturated carbocycles. The van der Waals surface area contributed by atoms with Gasteiger partial charge in [0.2, 0.25) is 0 Å². The van der Waals surface area contributed by atoms with Crippen molar-refractivity contribution in [2.45, 2.75) is 38.3 Å². The van der Waals surface area contributed by atoms with E-state index in [9.17, 15) is 0 Å². The molecule has 0 aliphatic heterocycles. The first-order valence-corrected chi connectivity index (χ1v) is 7.48. The lowest BCUT2D eigenvalue weighted by atomic mass is 10.0. The molecule has 1 heterocycles. The van der Waals surface area contributed by atoms with Gasteiger partial charge in [0.25, 0.3) is 0 Å². The van der Waals surface area contributed by atoms with Gasteiger partial charge in [-0.05, 0) is 54.1 Å². The zero-order valence-corrected chi connectivity index (χ0v) is 11.9. The number of hydrogen-bond acceptors (Lipinski definition) is 3. The Hall–Kier alpha value is 0.1000. The molecule has 1 fully saturated rings. The fraction of sp³-hybridized carbons (Fsp3) is 0.667. The molecule has 0 saturated heterocycles. The Balaban J connectivity index is 1.91. The van der Waals surface area contributed by atoms with Gasteiger partial charge in [-0.3, -0.25) is 0 Å². The first-order valence-electron chi connectivity index (χ1n) is 5.80. The molecule has 90 valence electrons. The highest BCUT2D eigenvalue weighted by molar-refractivity contribution is 9.10. The van der Waals surface area contributed by atoms with Crippen molar-refractivity contribution in [3.8, 4) is 0 Å². The van der Waals surface area contributed by atoms with E-state index >= 15 is 0 Å². The van der Waals surface area contributed by atoms with Crippen molar-refractivity contribution in [2.75, 3.05) is 6.61 Å². The fourth-order valence-corrected chi connectivity index (χ4v) is 3.56. The van der Waals surface area contributed by atoms with Gasteiger partial charge in [-0.25, -0.2) is 0 Å². The number of halogens is 1. The van der Waals surface area contributed by atoms with Crippen LogP contribution in [0.5, 0.6) is 0 Å². The summed E-state index contributed by atoms with van der Waals surface area (Å²) in [6, 6.07) is 2.29. The van der Waals surface area contributed by atoms with Gasteiger partial charge in [-0.2, -0.15) is 0 Å². The first kappa shape index (κ1) is 12.6. The van der Waals surface area contributed by atoms with E-state index < -0.39 is 0 Å². The Bertz CT molecular complexity index is 338. The first-order chi connectivity index (χ1) is 7.70. The zero-order chi connectivity index (χ0) is 11.5. The highest BCUT2D eigenvalue weighted by Crippen LogP contribution is 2.36. The Morgan fingerprint density at radius 2 is 2.38 bits per heavy atom. The largest absolute Gasteiger partial charge is 0.377 e. The van der Waals surface area contributed by atoms with Gasteiger partial charge in [0, 0.05) is 27.4 Å². The van der Waals surface area contributed by atoms with Crippen molar-refractivity contribution >= 4 is 27.3 Å². The summed E-state index contributed by atoms with van der Waals surface area (Å²) in [4.78, 5) is 1.34. The van der Waals surface area contributed by atoms with Crippen molar-refractivity contribution in [1.82, 2.24) is 0 Å². The second-order valence-electron chi connectivity index (χ2n) is 4.36. The highest BCUT2D eigenvalue weighted by atomic mass is 79.9. The summed E-state index contributed by atoms with van der Waals surface area (Å²) < 4.78 is 6.93. The molecule has 2 nitrogen and oxygen atoms in total. The molecule has 0 aromatic carbocycles. The lowest BCUT2D eigenvalue weighted by molar-refractivity contribution is 0.0289. The van der Waals surface area contributed by atoms with Gasteiger partial charge in [0.15, 0.2) is 0 Å². The second-order valence-corrected chi connectivity index (χ2v) is 6.27. The predicted molar refractivity (Wildman–Crippen MR) is 71.8 cm³/mol. The minimum atomic E-state index is 0.137. The van der Waals surface area contributed by atoms with Crippen molar-refractivity contribution in [1.29, 1.82) is 0 Å². The maximum atomic E-state index is 6.25. The molecule has 0 amide bonds. The summed E-state index contributed by atoms with van der Waals surface area (Å²) in [5.74, 6) is 0.707. The third-order valence-electron chi connectivity index (χ3n) is 2.93. The molecule has 4 heteroatoms.